The van der Waals surface area contributed by atoms with Gasteiger partial charge in [0.1, 0.15) is 23.9 Å². The monoisotopic (exact) mass is 318 g/mol. The molecular formula is C16H14O5S. The van der Waals surface area contributed by atoms with Crippen molar-refractivity contribution >= 4 is 15.9 Å². The Labute approximate surface area is 128 Å². The summed E-state index contributed by atoms with van der Waals surface area (Å²) in [6, 6.07) is 11.3. The fourth-order valence-electron chi connectivity index (χ4n) is 2.26. The van der Waals surface area contributed by atoms with Gasteiger partial charge in [0.2, 0.25) is 9.84 Å². The molecule has 0 unspecified atom stereocenters. The normalized spacial score (nSPS) is 15.0. The van der Waals surface area contributed by atoms with Gasteiger partial charge in [-0.2, -0.15) is 0 Å². The molecular weight excluding hydrogens is 304 g/mol. The number of phenolic OH excluding ortho intramolecular Hbond substituents is 1. The number of hydrogen-bond donors (Lipinski definition) is 1. The first-order chi connectivity index (χ1) is 10.5. The fraction of sp³-hybridized carbons (Fsp3) is 0.125. The van der Waals surface area contributed by atoms with Crippen LogP contribution in [0.15, 0.2) is 52.3 Å². The van der Waals surface area contributed by atoms with Gasteiger partial charge in [0, 0.05) is 11.6 Å². The minimum Gasteiger partial charge on any atom is -0.507 e. The summed E-state index contributed by atoms with van der Waals surface area (Å²) in [6.45, 7) is -0.108. The number of ether oxygens (including phenoxy) is 2. The first-order valence-electron chi connectivity index (χ1n) is 6.57. The van der Waals surface area contributed by atoms with Crippen molar-refractivity contribution in [2.45, 2.75) is 4.90 Å². The lowest BCUT2D eigenvalue weighted by Gasteiger charge is -2.08. The van der Waals surface area contributed by atoms with Crippen LogP contribution >= 0.6 is 0 Å². The number of fused-ring (bicyclic) bond motifs is 1. The average molecular weight is 318 g/mol. The molecule has 0 aliphatic carbocycles. The molecule has 1 aliphatic heterocycles. The SMILES string of the molecule is COc1cccc(OCC2=Cc3c(O)cccc3S2(=O)=O)c1. The van der Waals surface area contributed by atoms with E-state index >= 15 is 0 Å². The highest BCUT2D eigenvalue weighted by molar-refractivity contribution is 7.95. The number of methoxy groups -OCH3 is 1. The van der Waals surface area contributed by atoms with Gasteiger partial charge in [-0.3, -0.25) is 0 Å². The number of benzene rings is 2. The Morgan fingerprint density at radius 3 is 2.55 bits per heavy atom. The summed E-state index contributed by atoms with van der Waals surface area (Å²) >= 11 is 0. The van der Waals surface area contributed by atoms with Crippen LogP contribution in [0.3, 0.4) is 0 Å². The Balaban J connectivity index is 1.85. The summed E-state index contributed by atoms with van der Waals surface area (Å²) in [4.78, 5) is 0.226. The first kappa shape index (κ1) is 14.5. The highest BCUT2D eigenvalue weighted by atomic mass is 32.2. The van der Waals surface area contributed by atoms with Gasteiger partial charge in [-0.15, -0.1) is 0 Å². The molecule has 0 radical (unpaired) electrons. The van der Waals surface area contributed by atoms with E-state index in [1.807, 2.05) is 0 Å². The Kier molecular flexibility index (Phi) is 3.54. The highest BCUT2D eigenvalue weighted by Crippen LogP contribution is 2.37. The van der Waals surface area contributed by atoms with E-state index in [4.69, 9.17) is 9.47 Å². The molecule has 0 spiro atoms. The van der Waals surface area contributed by atoms with Gasteiger partial charge in [0.15, 0.2) is 0 Å². The second-order valence-electron chi connectivity index (χ2n) is 4.77. The Hall–Kier alpha value is -2.47. The third-order valence-corrected chi connectivity index (χ3v) is 5.27. The maximum absolute atomic E-state index is 12.4. The maximum Gasteiger partial charge on any atom is 0.206 e. The molecule has 0 amide bonds. The van der Waals surface area contributed by atoms with Gasteiger partial charge in [0.25, 0.3) is 0 Å². The van der Waals surface area contributed by atoms with Crippen LogP contribution in [-0.2, 0) is 9.84 Å². The first-order valence-corrected chi connectivity index (χ1v) is 8.05. The van der Waals surface area contributed by atoms with Crippen LogP contribution < -0.4 is 9.47 Å². The van der Waals surface area contributed by atoms with E-state index in [0.29, 0.717) is 17.1 Å². The summed E-state index contributed by atoms with van der Waals surface area (Å²) in [6.07, 6.45) is 1.44. The number of sulfone groups is 1. The van der Waals surface area contributed by atoms with Crippen molar-refractivity contribution in [2.75, 3.05) is 13.7 Å². The lowest BCUT2D eigenvalue weighted by Crippen LogP contribution is -2.09. The van der Waals surface area contributed by atoms with Gasteiger partial charge in [-0.1, -0.05) is 12.1 Å². The van der Waals surface area contributed by atoms with E-state index in [9.17, 15) is 13.5 Å². The van der Waals surface area contributed by atoms with Crippen molar-refractivity contribution in [1.29, 1.82) is 0 Å². The molecule has 6 heteroatoms. The lowest BCUT2D eigenvalue weighted by atomic mass is 10.2. The van der Waals surface area contributed by atoms with E-state index in [1.165, 1.54) is 24.3 Å². The standard InChI is InChI=1S/C16H14O5S/c1-20-11-4-2-5-12(8-11)21-10-13-9-14-15(17)6-3-7-16(14)22(13,18)19/h2-9,17H,10H2,1H3. The molecule has 0 aromatic heterocycles. The van der Waals surface area contributed by atoms with Crippen LogP contribution in [0.2, 0.25) is 0 Å². The van der Waals surface area contributed by atoms with Crippen LogP contribution in [-0.4, -0.2) is 27.2 Å². The molecule has 3 rings (SSSR count). The third-order valence-electron chi connectivity index (χ3n) is 3.41. The van der Waals surface area contributed by atoms with Crippen LogP contribution in [0, 0.1) is 0 Å². The van der Waals surface area contributed by atoms with E-state index in [0.717, 1.165) is 0 Å². The smallest absolute Gasteiger partial charge is 0.206 e. The summed E-state index contributed by atoms with van der Waals surface area (Å²) in [5, 5.41) is 9.77. The van der Waals surface area contributed by atoms with E-state index < -0.39 is 9.84 Å². The minimum atomic E-state index is -3.61. The lowest BCUT2D eigenvalue weighted by molar-refractivity contribution is 0.353. The van der Waals surface area contributed by atoms with E-state index in [2.05, 4.69) is 0 Å². The van der Waals surface area contributed by atoms with Crippen LogP contribution in [0.5, 0.6) is 17.2 Å². The van der Waals surface area contributed by atoms with Gasteiger partial charge in [-0.05, 0) is 30.3 Å². The second kappa shape index (κ2) is 5.38. The van der Waals surface area contributed by atoms with Gasteiger partial charge in [-0.25, -0.2) is 8.42 Å². The van der Waals surface area contributed by atoms with Crippen molar-refractivity contribution in [1.82, 2.24) is 0 Å². The second-order valence-corrected chi connectivity index (χ2v) is 6.74. The van der Waals surface area contributed by atoms with Crippen molar-refractivity contribution in [3.8, 4) is 17.2 Å². The zero-order chi connectivity index (χ0) is 15.7. The quantitative estimate of drug-likeness (QED) is 0.938. The number of phenols is 1. The topological polar surface area (TPSA) is 72.8 Å². The molecule has 1 heterocycles. The summed E-state index contributed by atoms with van der Waals surface area (Å²) in [5.74, 6) is 1.08. The van der Waals surface area contributed by atoms with Gasteiger partial charge in [0.05, 0.1) is 16.9 Å². The molecule has 2 aromatic carbocycles. The fourth-order valence-corrected chi connectivity index (χ4v) is 3.74. The molecule has 0 saturated heterocycles. The third kappa shape index (κ3) is 2.42. The van der Waals surface area contributed by atoms with Crippen molar-refractivity contribution in [3.63, 3.8) is 0 Å². The summed E-state index contributed by atoms with van der Waals surface area (Å²) in [7, 11) is -2.07. The van der Waals surface area contributed by atoms with E-state index in [1.54, 1.807) is 31.4 Å². The van der Waals surface area contributed by atoms with Crippen LogP contribution in [0.25, 0.3) is 6.08 Å². The molecule has 0 fully saturated rings. The molecule has 0 saturated carbocycles. The molecule has 1 N–H and O–H groups in total. The minimum absolute atomic E-state index is 0.0579. The molecule has 2 aromatic rings. The highest BCUT2D eigenvalue weighted by Gasteiger charge is 2.31. The molecule has 22 heavy (non-hydrogen) atoms. The summed E-state index contributed by atoms with van der Waals surface area (Å²) in [5.41, 5.74) is 0.312. The zero-order valence-corrected chi connectivity index (χ0v) is 12.6. The maximum atomic E-state index is 12.4. The van der Waals surface area contributed by atoms with Crippen LogP contribution in [0.1, 0.15) is 5.56 Å². The largest absolute Gasteiger partial charge is 0.507 e. The van der Waals surface area contributed by atoms with E-state index in [-0.39, 0.29) is 22.2 Å². The van der Waals surface area contributed by atoms with Crippen molar-refractivity contribution in [3.05, 3.63) is 52.9 Å². The molecule has 114 valence electrons. The number of hydrogen-bond acceptors (Lipinski definition) is 5. The van der Waals surface area contributed by atoms with Crippen LogP contribution in [0.4, 0.5) is 0 Å². The van der Waals surface area contributed by atoms with Crippen molar-refractivity contribution < 1.29 is 23.0 Å². The predicted molar refractivity (Wildman–Crippen MR) is 81.8 cm³/mol. The Morgan fingerprint density at radius 1 is 1.09 bits per heavy atom. The zero-order valence-electron chi connectivity index (χ0n) is 11.8. The van der Waals surface area contributed by atoms with Gasteiger partial charge >= 0.3 is 0 Å². The molecule has 5 nitrogen and oxygen atoms in total. The Bertz CT molecular complexity index is 853. The average Bonchev–Trinajstić information content (AvgIpc) is 2.78. The molecule has 1 aliphatic rings. The van der Waals surface area contributed by atoms with Crippen molar-refractivity contribution in [2.24, 2.45) is 0 Å². The van der Waals surface area contributed by atoms with Gasteiger partial charge < -0.3 is 14.6 Å². The molecule has 0 bridgehead atoms. The number of aromatic hydroxyl groups is 1. The number of rotatable bonds is 4. The Morgan fingerprint density at radius 2 is 1.82 bits per heavy atom. The molecule has 0 atom stereocenters. The summed E-state index contributed by atoms with van der Waals surface area (Å²) < 4.78 is 35.4. The predicted octanol–water partition coefficient (Wildman–Crippen LogP) is 2.61.